The molecule has 4 atom stereocenters. The van der Waals surface area contributed by atoms with Gasteiger partial charge < -0.3 is 25.2 Å². The van der Waals surface area contributed by atoms with E-state index in [-0.39, 0.29) is 47.6 Å². The zero-order valence-corrected chi connectivity index (χ0v) is 24.2. The molecule has 2 amide bonds. The molecule has 238 valence electrons. The fourth-order valence-corrected chi connectivity index (χ4v) is 6.24. The zero-order chi connectivity index (χ0) is 32.2. The highest BCUT2D eigenvalue weighted by Crippen LogP contribution is 2.44. The fraction of sp³-hybridized carbons (Fsp3) is 0.414. The number of hydrogen-bond acceptors (Lipinski definition) is 7. The molecule has 0 spiro atoms. The Morgan fingerprint density at radius 2 is 1.75 bits per heavy atom. The maximum Gasteiger partial charge on any atom is 0.501 e. The van der Waals surface area contributed by atoms with E-state index in [0.29, 0.717) is 31.7 Å². The Morgan fingerprint density at radius 3 is 2.43 bits per heavy atom. The van der Waals surface area contributed by atoms with Gasteiger partial charge in [-0.05, 0) is 61.8 Å². The van der Waals surface area contributed by atoms with Gasteiger partial charge in [-0.15, -0.1) is 0 Å². The molecular weight excluding hydrogens is 612 g/mol. The lowest BCUT2D eigenvalue weighted by Gasteiger charge is -2.28. The third-order valence-corrected chi connectivity index (χ3v) is 9.05. The van der Waals surface area contributed by atoms with Gasteiger partial charge in [-0.1, -0.05) is 18.2 Å². The molecule has 1 saturated carbocycles. The SMILES string of the molecule is COc1cc(F)c(OCCCCCC(=O)O)cc1C(=O)NC1C2C=CC(C2)C1C(=O)Nc1cccc(S(=O)(=O)C(F)(F)F)c1. The Bertz CT molecular complexity index is 1560. The normalized spacial score (nSPS) is 20.8. The third kappa shape index (κ3) is 7.14. The minimum atomic E-state index is -5.64. The van der Waals surface area contributed by atoms with E-state index in [1.54, 1.807) is 0 Å². The van der Waals surface area contributed by atoms with Crippen LogP contribution >= 0.6 is 0 Å². The summed E-state index contributed by atoms with van der Waals surface area (Å²) in [6.45, 7) is 0.0782. The van der Waals surface area contributed by atoms with Gasteiger partial charge in [0.05, 0.1) is 30.1 Å². The number of ether oxygens (including phenoxy) is 2. The van der Waals surface area contributed by atoms with Crippen LogP contribution in [0.4, 0.5) is 23.2 Å². The molecule has 2 aliphatic rings. The number of hydrogen-bond donors (Lipinski definition) is 3. The number of rotatable bonds is 13. The van der Waals surface area contributed by atoms with Crippen LogP contribution in [0, 0.1) is 23.6 Å². The predicted molar refractivity (Wildman–Crippen MR) is 148 cm³/mol. The van der Waals surface area contributed by atoms with Crippen molar-refractivity contribution in [3.8, 4) is 11.5 Å². The number of carbonyl (C=O) groups excluding carboxylic acids is 2. The number of anilines is 1. The molecule has 10 nitrogen and oxygen atoms in total. The van der Waals surface area contributed by atoms with Crippen molar-refractivity contribution < 1.29 is 54.9 Å². The largest absolute Gasteiger partial charge is 0.501 e. The molecule has 44 heavy (non-hydrogen) atoms. The molecular formula is C29H30F4N2O8S. The molecule has 2 aliphatic carbocycles. The summed E-state index contributed by atoms with van der Waals surface area (Å²) in [5.74, 6) is -4.71. The summed E-state index contributed by atoms with van der Waals surface area (Å²) in [5.41, 5.74) is -5.75. The van der Waals surface area contributed by atoms with E-state index in [1.807, 2.05) is 12.2 Å². The molecule has 0 radical (unpaired) electrons. The first-order valence-electron chi connectivity index (χ1n) is 13.7. The number of carboxylic acids is 1. The first-order chi connectivity index (χ1) is 20.7. The van der Waals surface area contributed by atoms with E-state index < -0.39 is 55.8 Å². The molecule has 1 fully saturated rings. The number of sulfone groups is 1. The summed E-state index contributed by atoms with van der Waals surface area (Å²) in [6, 6.07) is 5.23. The number of aliphatic carboxylic acids is 1. The van der Waals surface area contributed by atoms with Crippen molar-refractivity contribution in [3.63, 3.8) is 0 Å². The maximum atomic E-state index is 14.7. The van der Waals surface area contributed by atoms with Crippen LogP contribution in [0.5, 0.6) is 11.5 Å². The fourth-order valence-electron chi connectivity index (χ4n) is 5.44. The molecule has 15 heteroatoms. The monoisotopic (exact) mass is 642 g/mol. The van der Waals surface area contributed by atoms with Crippen molar-refractivity contribution in [3.05, 3.63) is 59.9 Å². The van der Waals surface area contributed by atoms with Gasteiger partial charge in [-0.2, -0.15) is 13.2 Å². The van der Waals surface area contributed by atoms with Crippen LogP contribution in [-0.4, -0.2) is 56.6 Å². The quantitative estimate of drug-likeness (QED) is 0.162. The van der Waals surface area contributed by atoms with Gasteiger partial charge in [0, 0.05) is 24.2 Å². The highest BCUT2D eigenvalue weighted by molar-refractivity contribution is 7.92. The van der Waals surface area contributed by atoms with Crippen LogP contribution in [0.3, 0.4) is 0 Å². The summed E-state index contributed by atoms with van der Waals surface area (Å²) >= 11 is 0. The van der Waals surface area contributed by atoms with Crippen molar-refractivity contribution in [1.82, 2.24) is 5.32 Å². The number of carbonyl (C=O) groups is 3. The molecule has 4 rings (SSSR count). The number of allylic oxidation sites excluding steroid dienone is 1. The molecule has 3 N–H and O–H groups in total. The van der Waals surface area contributed by atoms with Crippen molar-refractivity contribution in [2.45, 2.75) is 48.5 Å². The van der Waals surface area contributed by atoms with Crippen molar-refractivity contribution in [1.29, 1.82) is 0 Å². The molecule has 2 aromatic rings. The zero-order valence-electron chi connectivity index (χ0n) is 23.4. The topological polar surface area (TPSA) is 148 Å². The Labute approximate surface area is 250 Å². The molecule has 2 bridgehead atoms. The highest BCUT2D eigenvalue weighted by Gasteiger charge is 2.49. The van der Waals surface area contributed by atoms with E-state index in [1.165, 1.54) is 19.2 Å². The molecule has 0 aromatic heterocycles. The number of methoxy groups -OCH3 is 1. The van der Waals surface area contributed by atoms with Crippen molar-refractivity contribution >= 4 is 33.3 Å². The Balaban J connectivity index is 1.48. The van der Waals surface area contributed by atoms with Gasteiger partial charge in [0.25, 0.3) is 15.7 Å². The number of fused-ring (bicyclic) bond motifs is 2. The standard InChI is InChI=1S/C29H30F4N2O8S/c1-42-22-15-21(30)23(43-11-4-2-3-8-24(36)37)14-20(22)27(38)35-26-17-10-9-16(12-17)25(26)28(39)34-18-6-5-7-19(13-18)44(40,41)29(31,32)33/h5-7,9-10,13-17,25-26H,2-4,8,11-12H2,1H3,(H,34,39)(H,35,38)(H,36,37). The molecule has 2 aromatic carbocycles. The summed E-state index contributed by atoms with van der Waals surface area (Å²) in [6.07, 6.45) is 5.61. The number of nitrogens with one attached hydrogen (secondary N) is 2. The second-order valence-electron chi connectivity index (χ2n) is 10.5. The molecule has 0 aliphatic heterocycles. The smallest absolute Gasteiger partial charge is 0.496 e. The Morgan fingerprint density at radius 1 is 1.02 bits per heavy atom. The van der Waals surface area contributed by atoms with Crippen LogP contribution in [0.2, 0.25) is 0 Å². The summed E-state index contributed by atoms with van der Waals surface area (Å²) < 4.78 is 88.1. The lowest BCUT2D eigenvalue weighted by Crippen LogP contribution is -2.47. The average molecular weight is 643 g/mol. The number of carboxylic acid groups (broad SMARTS) is 1. The number of amides is 2. The predicted octanol–water partition coefficient (Wildman–Crippen LogP) is 4.71. The molecule has 4 unspecified atom stereocenters. The van der Waals surface area contributed by atoms with Crippen molar-refractivity contribution in [2.75, 3.05) is 19.0 Å². The first kappa shape index (κ1) is 32.8. The lowest BCUT2D eigenvalue weighted by molar-refractivity contribution is -0.137. The number of unbranched alkanes of at least 4 members (excludes halogenated alkanes) is 2. The first-order valence-corrected chi connectivity index (χ1v) is 15.1. The van der Waals surface area contributed by atoms with E-state index in [2.05, 4.69) is 10.6 Å². The van der Waals surface area contributed by atoms with Crippen molar-refractivity contribution in [2.24, 2.45) is 17.8 Å². The molecule has 0 saturated heterocycles. The highest BCUT2D eigenvalue weighted by atomic mass is 32.2. The van der Waals surface area contributed by atoms with Gasteiger partial charge >= 0.3 is 11.5 Å². The van der Waals surface area contributed by atoms with Gasteiger partial charge in [0.2, 0.25) is 5.91 Å². The van der Waals surface area contributed by atoms with E-state index in [4.69, 9.17) is 14.6 Å². The van der Waals surface area contributed by atoms with Gasteiger partial charge in [-0.25, -0.2) is 12.8 Å². The van der Waals surface area contributed by atoms with E-state index >= 15 is 0 Å². The van der Waals surface area contributed by atoms with Crippen LogP contribution < -0.4 is 20.1 Å². The summed E-state index contributed by atoms with van der Waals surface area (Å²) in [7, 11) is -4.39. The number of halogens is 4. The Kier molecular flexibility index (Phi) is 9.86. The van der Waals surface area contributed by atoms with Crippen LogP contribution in [-0.2, 0) is 19.4 Å². The lowest BCUT2D eigenvalue weighted by atomic mass is 9.87. The number of benzene rings is 2. The van der Waals surface area contributed by atoms with Crippen LogP contribution in [0.15, 0.2) is 53.4 Å². The van der Waals surface area contributed by atoms with Crippen LogP contribution in [0.1, 0.15) is 42.5 Å². The minimum Gasteiger partial charge on any atom is -0.496 e. The second-order valence-corrected chi connectivity index (χ2v) is 12.4. The Hall–Kier alpha value is -4.14. The van der Waals surface area contributed by atoms with Gasteiger partial charge in [-0.3, -0.25) is 14.4 Å². The average Bonchev–Trinajstić information content (AvgIpc) is 3.56. The summed E-state index contributed by atoms with van der Waals surface area (Å²) in [4.78, 5) is 36.4. The van der Waals surface area contributed by atoms with Crippen LogP contribution in [0.25, 0.3) is 0 Å². The van der Waals surface area contributed by atoms with Gasteiger partial charge in [0.1, 0.15) is 5.75 Å². The minimum absolute atomic E-state index is 0.00475. The third-order valence-electron chi connectivity index (χ3n) is 7.57. The van der Waals surface area contributed by atoms with E-state index in [9.17, 15) is 40.4 Å². The summed E-state index contributed by atoms with van der Waals surface area (Å²) in [5, 5.41) is 14.0. The number of alkyl halides is 3. The second kappa shape index (κ2) is 13.2. The van der Waals surface area contributed by atoms with E-state index in [0.717, 1.165) is 18.2 Å². The molecule has 0 heterocycles. The maximum absolute atomic E-state index is 14.7. The van der Waals surface area contributed by atoms with Gasteiger partial charge in [0.15, 0.2) is 11.6 Å².